The van der Waals surface area contributed by atoms with Crippen molar-refractivity contribution in [2.75, 3.05) is 13.2 Å². The number of ether oxygens (including phenoxy) is 2. The molecule has 2 aromatic carbocycles. The molecule has 0 atom stereocenters. The molecule has 0 spiro atoms. The zero-order chi connectivity index (χ0) is 24.1. The number of hydrogen-bond acceptors (Lipinski definition) is 2. The number of benzene rings is 2. The van der Waals surface area contributed by atoms with Gasteiger partial charge >= 0.3 is 0 Å². The number of halogens is 3. The first-order valence-electron chi connectivity index (χ1n) is 13.0. The molecule has 2 nitrogen and oxygen atoms in total. The van der Waals surface area contributed by atoms with Crippen molar-refractivity contribution < 1.29 is 22.6 Å². The van der Waals surface area contributed by atoms with Crippen LogP contribution in [0.5, 0.6) is 11.5 Å². The third-order valence-electron chi connectivity index (χ3n) is 7.98. The average Bonchev–Trinajstić information content (AvgIpc) is 2.86. The van der Waals surface area contributed by atoms with Crippen LogP contribution in [-0.4, -0.2) is 13.2 Å². The van der Waals surface area contributed by atoms with Crippen LogP contribution in [0.4, 0.5) is 13.2 Å². The van der Waals surface area contributed by atoms with E-state index >= 15 is 0 Å². The van der Waals surface area contributed by atoms with Crippen LogP contribution in [-0.2, 0) is 0 Å². The minimum Gasteiger partial charge on any atom is -0.494 e. The van der Waals surface area contributed by atoms with Crippen molar-refractivity contribution in [3.8, 4) is 11.5 Å². The Morgan fingerprint density at radius 2 is 1.32 bits per heavy atom. The Bertz CT molecular complexity index is 945. The van der Waals surface area contributed by atoms with E-state index in [1.54, 1.807) is 12.1 Å². The highest BCUT2D eigenvalue weighted by Gasteiger charge is 2.28. The van der Waals surface area contributed by atoms with Crippen LogP contribution in [0.15, 0.2) is 30.3 Å². The van der Waals surface area contributed by atoms with Crippen LogP contribution in [0, 0.1) is 29.3 Å². The fraction of sp³-hybridized carbons (Fsp3) is 0.586. The van der Waals surface area contributed by atoms with Gasteiger partial charge in [-0.3, -0.25) is 0 Å². The molecule has 2 aliphatic rings. The fourth-order valence-electron chi connectivity index (χ4n) is 5.80. The first kappa shape index (κ1) is 24.9. The molecule has 0 aromatic heterocycles. The second kappa shape index (κ2) is 11.5. The van der Waals surface area contributed by atoms with E-state index < -0.39 is 11.6 Å². The summed E-state index contributed by atoms with van der Waals surface area (Å²) in [5.74, 6) is -0.0177. The van der Waals surface area contributed by atoms with E-state index in [1.807, 2.05) is 19.1 Å². The van der Waals surface area contributed by atoms with Crippen LogP contribution in [0.3, 0.4) is 0 Å². The zero-order valence-corrected chi connectivity index (χ0v) is 20.4. The molecule has 0 radical (unpaired) electrons. The molecule has 0 unspecified atom stereocenters. The molecule has 2 aliphatic carbocycles. The maximum atomic E-state index is 14.8. The van der Waals surface area contributed by atoms with Crippen molar-refractivity contribution in [1.82, 2.24) is 0 Å². The van der Waals surface area contributed by atoms with Gasteiger partial charge in [0.1, 0.15) is 11.6 Å². The van der Waals surface area contributed by atoms with Crippen LogP contribution >= 0.6 is 0 Å². The second-order valence-electron chi connectivity index (χ2n) is 10.1. The van der Waals surface area contributed by atoms with Crippen molar-refractivity contribution >= 4 is 0 Å². The van der Waals surface area contributed by atoms with Crippen LogP contribution in [0.1, 0.15) is 94.6 Å². The quantitative estimate of drug-likeness (QED) is 0.382. The van der Waals surface area contributed by atoms with Gasteiger partial charge in [0, 0.05) is 6.07 Å². The van der Waals surface area contributed by atoms with E-state index in [1.165, 1.54) is 6.07 Å². The predicted molar refractivity (Wildman–Crippen MR) is 129 cm³/mol. The number of hydrogen-bond donors (Lipinski definition) is 0. The summed E-state index contributed by atoms with van der Waals surface area (Å²) in [7, 11) is 0. The third-order valence-corrected chi connectivity index (χ3v) is 7.98. The summed E-state index contributed by atoms with van der Waals surface area (Å²) < 4.78 is 55.3. The van der Waals surface area contributed by atoms with Gasteiger partial charge in [0.05, 0.1) is 13.2 Å². The van der Waals surface area contributed by atoms with Gasteiger partial charge in [0.25, 0.3) is 0 Å². The molecule has 0 amide bonds. The Hall–Kier alpha value is -2.17. The Morgan fingerprint density at radius 1 is 0.706 bits per heavy atom. The molecular weight excluding hydrogens is 437 g/mol. The Balaban J connectivity index is 1.30. The fourth-order valence-corrected chi connectivity index (χ4v) is 5.80. The summed E-state index contributed by atoms with van der Waals surface area (Å²) >= 11 is 0. The largest absolute Gasteiger partial charge is 0.494 e. The lowest BCUT2D eigenvalue weighted by atomic mass is 9.77. The highest BCUT2D eigenvalue weighted by molar-refractivity contribution is 5.34. The van der Waals surface area contributed by atoms with Crippen molar-refractivity contribution in [1.29, 1.82) is 0 Å². The SMILES string of the molecule is CCOc1ccc(C2CCC(COc3ccc(C4CCC(CC)CC4)c(F)c3F)CC2)c(F)c1. The monoisotopic (exact) mass is 474 g/mol. The molecule has 2 aromatic rings. The van der Waals surface area contributed by atoms with E-state index in [0.29, 0.717) is 30.4 Å². The molecule has 0 aliphatic heterocycles. The van der Waals surface area contributed by atoms with E-state index in [-0.39, 0.29) is 29.3 Å². The minimum absolute atomic E-state index is 0.00294. The third kappa shape index (κ3) is 5.72. The van der Waals surface area contributed by atoms with Gasteiger partial charge in [-0.1, -0.05) is 25.5 Å². The van der Waals surface area contributed by atoms with Crippen molar-refractivity contribution in [2.45, 2.75) is 83.5 Å². The summed E-state index contributed by atoms with van der Waals surface area (Å²) in [6.07, 6.45) is 8.64. The van der Waals surface area contributed by atoms with Crippen molar-refractivity contribution in [3.05, 3.63) is 58.9 Å². The summed E-state index contributed by atoms with van der Waals surface area (Å²) in [4.78, 5) is 0. The van der Waals surface area contributed by atoms with Gasteiger partial charge in [0.2, 0.25) is 5.82 Å². The maximum absolute atomic E-state index is 14.8. The first-order valence-corrected chi connectivity index (χ1v) is 13.0. The lowest BCUT2D eigenvalue weighted by molar-refractivity contribution is 0.191. The van der Waals surface area contributed by atoms with Gasteiger partial charge in [-0.2, -0.15) is 4.39 Å². The zero-order valence-electron chi connectivity index (χ0n) is 20.4. The highest BCUT2D eigenvalue weighted by Crippen LogP contribution is 2.40. The Labute approximate surface area is 201 Å². The van der Waals surface area contributed by atoms with Gasteiger partial charge < -0.3 is 9.47 Å². The first-order chi connectivity index (χ1) is 16.5. The smallest absolute Gasteiger partial charge is 0.200 e. The topological polar surface area (TPSA) is 18.5 Å². The van der Waals surface area contributed by atoms with Crippen LogP contribution < -0.4 is 9.47 Å². The van der Waals surface area contributed by atoms with Crippen LogP contribution in [0.2, 0.25) is 0 Å². The summed E-state index contributed by atoms with van der Waals surface area (Å²) in [6.45, 7) is 4.94. The molecule has 0 heterocycles. The highest BCUT2D eigenvalue weighted by atomic mass is 19.2. The summed E-state index contributed by atoms with van der Waals surface area (Å²) in [6, 6.07) is 8.44. The molecule has 4 rings (SSSR count). The van der Waals surface area contributed by atoms with E-state index in [9.17, 15) is 13.2 Å². The lowest BCUT2D eigenvalue weighted by Gasteiger charge is -2.29. The van der Waals surface area contributed by atoms with Crippen molar-refractivity contribution in [3.63, 3.8) is 0 Å². The standard InChI is InChI=1S/C29H37F3O2/c1-3-19-5-9-22(10-6-19)25-15-16-27(29(32)28(25)31)34-18-20-7-11-21(12-8-20)24-14-13-23(33-4-2)17-26(24)30/h13-17,19-22H,3-12,18H2,1-2H3. The summed E-state index contributed by atoms with van der Waals surface area (Å²) in [5, 5.41) is 0. The average molecular weight is 475 g/mol. The van der Waals surface area contributed by atoms with Gasteiger partial charge in [-0.25, -0.2) is 8.78 Å². The Kier molecular flexibility index (Phi) is 8.44. The van der Waals surface area contributed by atoms with Crippen molar-refractivity contribution in [2.24, 2.45) is 11.8 Å². The van der Waals surface area contributed by atoms with E-state index in [0.717, 1.165) is 63.4 Å². The van der Waals surface area contributed by atoms with E-state index in [2.05, 4.69) is 6.92 Å². The van der Waals surface area contributed by atoms with E-state index in [4.69, 9.17) is 9.47 Å². The van der Waals surface area contributed by atoms with Gasteiger partial charge in [-0.05, 0) is 105 Å². The minimum atomic E-state index is -0.861. The molecule has 0 N–H and O–H groups in total. The van der Waals surface area contributed by atoms with Crippen LogP contribution in [0.25, 0.3) is 0 Å². The molecule has 5 heteroatoms. The van der Waals surface area contributed by atoms with Gasteiger partial charge in [-0.15, -0.1) is 0 Å². The lowest BCUT2D eigenvalue weighted by Crippen LogP contribution is -2.20. The molecule has 0 saturated heterocycles. The molecule has 0 bridgehead atoms. The summed E-state index contributed by atoms with van der Waals surface area (Å²) in [5.41, 5.74) is 1.23. The maximum Gasteiger partial charge on any atom is 0.200 e. The molecule has 2 saturated carbocycles. The predicted octanol–water partition coefficient (Wildman–Crippen LogP) is 8.54. The second-order valence-corrected chi connectivity index (χ2v) is 10.1. The molecular formula is C29H37F3O2. The normalized spacial score (nSPS) is 25.2. The molecule has 34 heavy (non-hydrogen) atoms. The molecule has 186 valence electrons. The number of rotatable bonds is 8. The molecule has 2 fully saturated rings. The van der Waals surface area contributed by atoms with Gasteiger partial charge in [0.15, 0.2) is 11.6 Å². The Morgan fingerprint density at radius 3 is 1.94 bits per heavy atom.